The Bertz CT molecular complexity index is 664. The summed E-state index contributed by atoms with van der Waals surface area (Å²) >= 11 is 0. The molecule has 0 amide bonds. The van der Waals surface area contributed by atoms with Gasteiger partial charge in [-0.25, -0.2) is 0 Å². The molecular weight excluding hydrogens is 262 g/mol. The van der Waals surface area contributed by atoms with E-state index in [2.05, 4.69) is 22.4 Å². The maximum absolute atomic E-state index is 12.0. The van der Waals surface area contributed by atoms with Crippen LogP contribution in [0.5, 0.6) is 0 Å². The molecule has 0 atom stereocenters. The van der Waals surface area contributed by atoms with Crippen molar-refractivity contribution < 1.29 is 0 Å². The van der Waals surface area contributed by atoms with Gasteiger partial charge in [-0.15, -0.1) is 12.4 Å². The maximum atomic E-state index is 12.0. The maximum Gasteiger partial charge on any atom is 0.253 e. The summed E-state index contributed by atoms with van der Waals surface area (Å²) in [6, 6.07) is 6.18. The van der Waals surface area contributed by atoms with E-state index in [9.17, 15) is 4.79 Å². The van der Waals surface area contributed by atoms with Crippen LogP contribution in [0.25, 0.3) is 10.9 Å². The predicted octanol–water partition coefficient (Wildman–Crippen LogP) is 2.37. The molecule has 0 saturated heterocycles. The lowest BCUT2D eigenvalue weighted by Gasteiger charge is -2.20. The summed E-state index contributed by atoms with van der Waals surface area (Å²) in [6.07, 6.45) is 1.89. The second-order valence-electron chi connectivity index (χ2n) is 4.96. The van der Waals surface area contributed by atoms with Crippen LogP contribution in [0.2, 0.25) is 0 Å². The van der Waals surface area contributed by atoms with Crippen molar-refractivity contribution in [2.75, 3.05) is 30.9 Å². The molecular formula is C14H18ClN3O. The average Bonchev–Trinajstić information content (AvgIpc) is 2.38. The van der Waals surface area contributed by atoms with Crippen molar-refractivity contribution >= 4 is 34.7 Å². The Morgan fingerprint density at radius 1 is 1.26 bits per heavy atom. The zero-order chi connectivity index (χ0) is 12.7. The molecule has 1 aromatic heterocycles. The summed E-state index contributed by atoms with van der Waals surface area (Å²) < 4.78 is 0. The molecule has 19 heavy (non-hydrogen) atoms. The Balaban J connectivity index is 0.00000133. The average molecular weight is 280 g/mol. The molecule has 102 valence electrons. The monoisotopic (exact) mass is 279 g/mol. The molecule has 0 bridgehead atoms. The van der Waals surface area contributed by atoms with Crippen molar-refractivity contribution in [2.45, 2.75) is 12.8 Å². The van der Waals surface area contributed by atoms with Crippen LogP contribution in [0.4, 0.5) is 11.4 Å². The molecule has 0 radical (unpaired) electrons. The summed E-state index contributed by atoms with van der Waals surface area (Å²) in [6.45, 7) is 0.945. The number of aromatic nitrogens is 1. The molecule has 0 saturated carbocycles. The van der Waals surface area contributed by atoms with Crippen molar-refractivity contribution in [3.63, 3.8) is 0 Å². The van der Waals surface area contributed by atoms with E-state index in [1.165, 1.54) is 0 Å². The molecule has 0 fully saturated rings. The number of nitrogens with zero attached hydrogens (tertiary/aromatic N) is 1. The highest BCUT2D eigenvalue weighted by Crippen LogP contribution is 2.29. The molecule has 2 aromatic rings. The molecule has 0 aliphatic carbocycles. The van der Waals surface area contributed by atoms with Crippen LogP contribution >= 0.6 is 12.4 Å². The molecule has 2 heterocycles. The summed E-state index contributed by atoms with van der Waals surface area (Å²) in [7, 11) is 3.99. The summed E-state index contributed by atoms with van der Waals surface area (Å²) in [5.41, 5.74) is 3.95. The lowest BCUT2D eigenvalue weighted by Crippen LogP contribution is -2.22. The van der Waals surface area contributed by atoms with Crippen LogP contribution in [-0.2, 0) is 6.42 Å². The van der Waals surface area contributed by atoms with Gasteiger partial charge in [0.1, 0.15) is 0 Å². The largest absolute Gasteiger partial charge is 0.384 e. The number of fused-ring (bicyclic) bond motifs is 3. The van der Waals surface area contributed by atoms with Crippen LogP contribution in [0, 0.1) is 0 Å². The molecule has 4 nitrogen and oxygen atoms in total. The number of hydrogen-bond acceptors (Lipinski definition) is 3. The number of H-pyrrole nitrogens is 1. The van der Waals surface area contributed by atoms with Gasteiger partial charge in [0, 0.05) is 37.3 Å². The van der Waals surface area contributed by atoms with Gasteiger partial charge in [-0.05, 0) is 31.0 Å². The van der Waals surface area contributed by atoms with Gasteiger partial charge in [0.15, 0.2) is 0 Å². The molecule has 1 aliphatic heterocycles. The lowest BCUT2D eigenvalue weighted by atomic mass is 10.0. The number of nitrogens with one attached hydrogen (secondary N) is 2. The van der Waals surface area contributed by atoms with E-state index in [0.29, 0.717) is 0 Å². The zero-order valence-electron chi connectivity index (χ0n) is 11.1. The van der Waals surface area contributed by atoms with Crippen molar-refractivity contribution in [3.8, 4) is 0 Å². The number of halogens is 1. The van der Waals surface area contributed by atoms with Crippen LogP contribution in [-0.4, -0.2) is 25.6 Å². The fraction of sp³-hybridized carbons (Fsp3) is 0.357. The first-order valence-electron chi connectivity index (χ1n) is 6.27. The van der Waals surface area contributed by atoms with E-state index >= 15 is 0 Å². The third-order valence-corrected chi connectivity index (χ3v) is 3.52. The van der Waals surface area contributed by atoms with E-state index in [-0.39, 0.29) is 18.0 Å². The van der Waals surface area contributed by atoms with Gasteiger partial charge in [0.2, 0.25) is 0 Å². The highest BCUT2D eigenvalue weighted by Gasteiger charge is 2.16. The van der Waals surface area contributed by atoms with Gasteiger partial charge >= 0.3 is 0 Å². The minimum absolute atomic E-state index is 0. The fourth-order valence-electron chi connectivity index (χ4n) is 2.52. The number of pyridine rings is 1. The predicted molar refractivity (Wildman–Crippen MR) is 83.0 cm³/mol. The van der Waals surface area contributed by atoms with E-state index in [0.717, 1.165) is 47.2 Å². The molecule has 3 rings (SSSR count). The van der Waals surface area contributed by atoms with Gasteiger partial charge in [-0.2, -0.15) is 0 Å². The lowest BCUT2D eigenvalue weighted by molar-refractivity contribution is 0.820. The van der Waals surface area contributed by atoms with Crippen molar-refractivity contribution in [1.82, 2.24) is 4.98 Å². The van der Waals surface area contributed by atoms with E-state index in [1.807, 2.05) is 25.1 Å². The van der Waals surface area contributed by atoms with E-state index < -0.39 is 0 Å². The summed E-state index contributed by atoms with van der Waals surface area (Å²) in [5.74, 6) is 0. The van der Waals surface area contributed by atoms with Crippen molar-refractivity contribution in [3.05, 3.63) is 34.1 Å². The number of rotatable bonds is 1. The smallest absolute Gasteiger partial charge is 0.253 e. The third kappa shape index (κ3) is 2.28. The van der Waals surface area contributed by atoms with Crippen LogP contribution in [0.15, 0.2) is 23.0 Å². The first-order valence-corrected chi connectivity index (χ1v) is 6.27. The Morgan fingerprint density at radius 2 is 2.05 bits per heavy atom. The highest BCUT2D eigenvalue weighted by atomic mass is 35.5. The second-order valence-corrected chi connectivity index (χ2v) is 4.96. The molecule has 2 N–H and O–H groups in total. The Labute approximate surface area is 118 Å². The van der Waals surface area contributed by atoms with E-state index in [1.54, 1.807) is 0 Å². The molecule has 5 heteroatoms. The summed E-state index contributed by atoms with van der Waals surface area (Å²) in [5, 5.41) is 4.47. The minimum atomic E-state index is 0. The van der Waals surface area contributed by atoms with E-state index in [4.69, 9.17) is 0 Å². The number of aromatic amines is 1. The third-order valence-electron chi connectivity index (χ3n) is 3.52. The Kier molecular flexibility index (Phi) is 3.71. The first kappa shape index (κ1) is 13.7. The first-order chi connectivity index (χ1) is 8.66. The van der Waals surface area contributed by atoms with Crippen LogP contribution in [0.1, 0.15) is 12.0 Å². The SMILES string of the molecule is CN(C)c1ccc2c3c(c(=O)[nH]c2c1)CCCN3.Cl. The highest BCUT2D eigenvalue weighted by molar-refractivity contribution is 5.94. The number of anilines is 2. The normalized spacial score (nSPS) is 13.4. The molecule has 0 spiro atoms. The van der Waals surface area contributed by atoms with Gasteiger partial charge in [0.25, 0.3) is 5.56 Å². The molecule has 1 aromatic carbocycles. The van der Waals surface area contributed by atoms with Crippen LogP contribution in [0.3, 0.4) is 0 Å². The van der Waals surface area contributed by atoms with Gasteiger partial charge in [-0.3, -0.25) is 4.79 Å². The number of hydrogen-bond donors (Lipinski definition) is 2. The van der Waals surface area contributed by atoms with Crippen molar-refractivity contribution in [2.24, 2.45) is 0 Å². The van der Waals surface area contributed by atoms with Gasteiger partial charge in [0.05, 0.1) is 11.2 Å². The fourth-order valence-corrected chi connectivity index (χ4v) is 2.52. The van der Waals surface area contributed by atoms with Gasteiger partial charge < -0.3 is 15.2 Å². The van der Waals surface area contributed by atoms with Crippen molar-refractivity contribution in [1.29, 1.82) is 0 Å². The topological polar surface area (TPSA) is 48.1 Å². The second kappa shape index (κ2) is 5.13. The zero-order valence-corrected chi connectivity index (χ0v) is 11.9. The standard InChI is InChI=1S/C14H17N3O.ClH/c1-17(2)9-5-6-10-12(8-9)16-14(18)11-4-3-7-15-13(10)11;/h5-6,8,15H,3-4,7H2,1-2H3,(H,16,18);1H. The van der Waals surface area contributed by atoms with Crippen LogP contribution < -0.4 is 15.8 Å². The number of benzene rings is 1. The molecule has 0 unspecified atom stereocenters. The Morgan fingerprint density at radius 3 is 2.79 bits per heavy atom. The molecule has 1 aliphatic rings. The van der Waals surface area contributed by atoms with Gasteiger partial charge in [-0.1, -0.05) is 0 Å². The quantitative estimate of drug-likeness (QED) is 0.843. The minimum Gasteiger partial charge on any atom is -0.384 e. The Hall–Kier alpha value is -1.68. The summed E-state index contributed by atoms with van der Waals surface area (Å²) in [4.78, 5) is 17.1.